The molecule has 2 aliphatic rings. The van der Waals surface area contributed by atoms with E-state index in [-0.39, 0.29) is 56.6 Å². The first-order chi connectivity index (χ1) is 28.0. The third-order valence-electron chi connectivity index (χ3n) is 10.9. The molecule has 13 nitrogen and oxygen atoms in total. The maximum absolute atomic E-state index is 14.2. The fraction of sp³-hybridized carbons (Fsp3) is 0.463. The Morgan fingerprint density at radius 1 is 1.03 bits per heavy atom. The largest absolute Gasteiger partial charge is 0.490 e. The zero-order chi connectivity index (χ0) is 42.5. The molecule has 318 valence electrons. The van der Waals surface area contributed by atoms with Gasteiger partial charge in [0.2, 0.25) is 17.7 Å². The number of benzene rings is 2. The number of hydrogen-bond donors (Lipinski definition) is 4. The number of carbonyl (C=O) groups is 2. The Hall–Kier alpha value is -5.17. The number of oxazole rings is 1. The third kappa shape index (κ3) is 10.7. The van der Waals surface area contributed by atoms with Crippen molar-refractivity contribution in [1.82, 2.24) is 30.4 Å². The van der Waals surface area contributed by atoms with E-state index in [1.165, 1.54) is 18.5 Å². The van der Waals surface area contributed by atoms with Gasteiger partial charge in [-0.2, -0.15) is 22.0 Å². The van der Waals surface area contributed by atoms with E-state index in [9.17, 15) is 41.8 Å². The minimum Gasteiger partial charge on any atom is -0.490 e. The number of alkyl halides is 5. The number of halogens is 5. The Balaban J connectivity index is 1.20. The Bertz CT molecular complexity index is 2040. The molecule has 6 atom stereocenters. The normalized spacial score (nSPS) is 20.6. The molecule has 4 heterocycles. The lowest BCUT2D eigenvalue weighted by atomic mass is 9.82. The summed E-state index contributed by atoms with van der Waals surface area (Å²) in [6.07, 6.45) is -3.14. The van der Waals surface area contributed by atoms with E-state index in [1.54, 1.807) is 43.0 Å². The lowest BCUT2D eigenvalue weighted by Crippen LogP contribution is -2.63. The first-order valence-corrected chi connectivity index (χ1v) is 19.1. The number of aliphatic hydroxyl groups is 2. The first-order valence-electron chi connectivity index (χ1n) is 19.1. The monoisotopic (exact) mass is 830 g/mol. The highest BCUT2D eigenvalue weighted by Crippen LogP contribution is 2.36. The summed E-state index contributed by atoms with van der Waals surface area (Å²) in [6, 6.07) is 15.6. The molecule has 0 saturated carbocycles. The zero-order valence-corrected chi connectivity index (χ0v) is 32.6. The second-order valence-corrected chi connectivity index (χ2v) is 15.3. The number of nitrogens with zero attached hydrogens (tertiary/aromatic N) is 4. The van der Waals surface area contributed by atoms with Crippen LogP contribution < -0.4 is 20.1 Å². The van der Waals surface area contributed by atoms with E-state index < -0.39 is 72.8 Å². The highest BCUT2D eigenvalue weighted by molar-refractivity contribution is 5.82. The molecule has 4 aromatic rings. The van der Waals surface area contributed by atoms with Crippen LogP contribution in [0.5, 0.6) is 11.5 Å². The van der Waals surface area contributed by atoms with Crippen LogP contribution in [0.25, 0.3) is 11.3 Å². The van der Waals surface area contributed by atoms with Crippen LogP contribution in [-0.2, 0) is 15.1 Å². The van der Waals surface area contributed by atoms with E-state index in [0.717, 1.165) is 11.8 Å². The van der Waals surface area contributed by atoms with Crippen molar-refractivity contribution in [3.05, 3.63) is 96.3 Å². The highest BCUT2D eigenvalue weighted by atomic mass is 19.4. The number of aliphatic hydroxyl groups excluding tert-OH is 2. The molecule has 2 aliphatic heterocycles. The topological polar surface area (TPSA) is 163 Å². The number of β-amino-alcohol motifs (C(OH)–C–C–N with tert-alkyl or cyclic N) is 1. The number of rotatable bonds is 15. The average Bonchev–Trinajstić information content (AvgIpc) is 3.72. The van der Waals surface area contributed by atoms with E-state index >= 15 is 0 Å². The summed E-state index contributed by atoms with van der Waals surface area (Å²) < 4.78 is 81.7. The zero-order valence-electron chi connectivity index (χ0n) is 32.6. The Morgan fingerprint density at radius 2 is 1.76 bits per heavy atom. The van der Waals surface area contributed by atoms with Crippen molar-refractivity contribution in [2.75, 3.05) is 39.3 Å². The summed E-state index contributed by atoms with van der Waals surface area (Å²) in [7, 11) is 0. The van der Waals surface area contributed by atoms with Gasteiger partial charge in [-0.3, -0.25) is 24.4 Å². The van der Waals surface area contributed by atoms with Gasteiger partial charge >= 0.3 is 12.8 Å². The molecule has 2 aromatic carbocycles. The number of aromatic nitrogens is 2. The molecule has 1 fully saturated rings. The third-order valence-corrected chi connectivity index (χ3v) is 10.9. The molecule has 2 aromatic heterocycles. The van der Waals surface area contributed by atoms with Gasteiger partial charge in [-0.1, -0.05) is 55.5 Å². The minimum atomic E-state index is -4.68. The van der Waals surface area contributed by atoms with Gasteiger partial charge in [0, 0.05) is 49.4 Å². The minimum absolute atomic E-state index is 0.0361. The van der Waals surface area contributed by atoms with Crippen molar-refractivity contribution in [1.29, 1.82) is 0 Å². The van der Waals surface area contributed by atoms with E-state index in [0.29, 0.717) is 16.9 Å². The summed E-state index contributed by atoms with van der Waals surface area (Å²) in [5, 5.41) is 27.5. The maximum Gasteiger partial charge on any atom is 0.405 e. The van der Waals surface area contributed by atoms with Crippen LogP contribution in [-0.4, -0.2) is 112 Å². The van der Waals surface area contributed by atoms with Crippen LogP contribution in [0, 0.1) is 5.92 Å². The molecule has 1 saturated heterocycles. The van der Waals surface area contributed by atoms with Crippen LogP contribution in [0.1, 0.15) is 56.2 Å². The molecule has 6 rings (SSSR count). The van der Waals surface area contributed by atoms with Crippen molar-refractivity contribution < 1.29 is 55.6 Å². The van der Waals surface area contributed by atoms with Crippen molar-refractivity contribution in [2.24, 2.45) is 5.92 Å². The van der Waals surface area contributed by atoms with E-state index in [2.05, 4.69) is 20.0 Å². The Kier molecular flexibility index (Phi) is 13.5. The number of hydrogen-bond acceptors (Lipinski definition) is 11. The van der Waals surface area contributed by atoms with Crippen LogP contribution in [0.2, 0.25) is 0 Å². The SMILES string of the molecule is CC(c1ccccc1)[C@@H](C[C@H](O)CN1CCN(C(C)(C)c2ncc(-c3cncc(OC(F)F)c3)o2)C[C@H]1C(=O)NCC(F)(F)F)C(=O)N[C@H]1c2ccccc2OC[C@H]1O. The number of fused-ring (bicyclic) bond motifs is 1. The predicted octanol–water partition coefficient (Wildman–Crippen LogP) is 5.02. The molecule has 1 unspecified atom stereocenters. The number of carbonyl (C=O) groups excluding carboxylic acids is 2. The number of pyridine rings is 1. The van der Waals surface area contributed by atoms with E-state index in [4.69, 9.17) is 9.15 Å². The summed E-state index contributed by atoms with van der Waals surface area (Å²) >= 11 is 0. The van der Waals surface area contributed by atoms with Crippen molar-refractivity contribution in [2.45, 2.75) is 75.7 Å². The number of nitrogens with one attached hydrogen (secondary N) is 2. The van der Waals surface area contributed by atoms with Gasteiger partial charge in [0.25, 0.3) is 0 Å². The lowest BCUT2D eigenvalue weighted by molar-refractivity contribution is -0.145. The second kappa shape index (κ2) is 18.4. The number of amides is 2. The van der Waals surface area contributed by atoms with Gasteiger partial charge in [0.15, 0.2) is 5.76 Å². The van der Waals surface area contributed by atoms with Gasteiger partial charge < -0.3 is 34.7 Å². The van der Waals surface area contributed by atoms with Crippen molar-refractivity contribution in [3.8, 4) is 22.8 Å². The van der Waals surface area contributed by atoms with Crippen LogP contribution in [0.3, 0.4) is 0 Å². The Labute approximate surface area is 337 Å². The molecule has 4 N–H and O–H groups in total. The summed E-state index contributed by atoms with van der Waals surface area (Å²) in [5.41, 5.74) is 0.709. The van der Waals surface area contributed by atoms with Crippen LogP contribution >= 0.6 is 0 Å². The lowest BCUT2D eigenvalue weighted by Gasteiger charge is -2.46. The molecule has 18 heteroatoms. The number of para-hydroxylation sites is 1. The van der Waals surface area contributed by atoms with Gasteiger partial charge in [-0.25, -0.2) is 4.98 Å². The standard InChI is InChI=1S/C41H47F5N6O7/c1-24(25-9-5-4-6-10-25)30(36(55)50-35-29-11-7-8-12-33(29)57-22-32(35)54)16-27(53)20-51-13-14-52(21-31(51)37(56)49-23-41(44,45)46)40(2,3)38-48-19-34(59-38)26-15-28(18-47-17-26)58-39(42)43/h4-12,15,17-19,24,27,30-32,35,39,53-54H,13-14,16,20-23H2,1-3H3,(H,49,56)(H,50,55)/t24?,27-,30+,31-,32+,35-/m0/s1. The molecule has 0 spiro atoms. The average molecular weight is 831 g/mol. The fourth-order valence-corrected chi connectivity index (χ4v) is 7.59. The molecular formula is C41H47F5N6O7. The smallest absolute Gasteiger partial charge is 0.405 e. The summed E-state index contributed by atoms with van der Waals surface area (Å²) in [6.45, 7) is 0.863. The van der Waals surface area contributed by atoms with Crippen LogP contribution in [0.4, 0.5) is 22.0 Å². The van der Waals surface area contributed by atoms with Gasteiger partial charge in [0.05, 0.1) is 30.1 Å². The molecule has 0 bridgehead atoms. The summed E-state index contributed by atoms with van der Waals surface area (Å²) in [5.74, 6) is -1.87. The molecular weight excluding hydrogens is 783 g/mol. The van der Waals surface area contributed by atoms with Gasteiger partial charge in [-0.05, 0) is 43.9 Å². The Morgan fingerprint density at radius 3 is 2.49 bits per heavy atom. The summed E-state index contributed by atoms with van der Waals surface area (Å²) in [4.78, 5) is 39.5. The molecule has 0 aliphatic carbocycles. The fourth-order valence-electron chi connectivity index (χ4n) is 7.59. The number of ether oxygens (including phenoxy) is 2. The van der Waals surface area contributed by atoms with Gasteiger partial charge in [-0.15, -0.1) is 0 Å². The predicted molar refractivity (Wildman–Crippen MR) is 203 cm³/mol. The van der Waals surface area contributed by atoms with E-state index in [1.807, 2.05) is 47.5 Å². The van der Waals surface area contributed by atoms with Crippen molar-refractivity contribution >= 4 is 11.8 Å². The molecule has 0 radical (unpaired) electrons. The number of piperazine rings is 1. The molecule has 2 amide bonds. The second-order valence-electron chi connectivity index (χ2n) is 15.3. The van der Waals surface area contributed by atoms with Crippen LogP contribution in [0.15, 0.2) is 83.7 Å². The maximum atomic E-state index is 14.2. The first kappa shape index (κ1) is 43.4. The quantitative estimate of drug-likeness (QED) is 0.119. The van der Waals surface area contributed by atoms with Crippen molar-refractivity contribution in [3.63, 3.8) is 0 Å². The van der Waals surface area contributed by atoms with Gasteiger partial charge in [0.1, 0.15) is 36.8 Å². The molecule has 59 heavy (non-hydrogen) atoms. The highest BCUT2D eigenvalue weighted by Gasteiger charge is 2.43.